The normalized spacial score (nSPS) is 8.29. The van der Waals surface area contributed by atoms with Crippen molar-refractivity contribution in [3.05, 3.63) is 83.4 Å². The van der Waals surface area contributed by atoms with E-state index in [4.69, 9.17) is 24.9 Å². The molecule has 0 saturated heterocycles. The summed E-state index contributed by atoms with van der Waals surface area (Å²) in [5.74, 6) is 1.59. The van der Waals surface area contributed by atoms with Crippen molar-refractivity contribution in [2.75, 3.05) is 7.11 Å². The van der Waals surface area contributed by atoms with Crippen LogP contribution in [0.5, 0.6) is 23.0 Å². The fraction of sp³-hybridized carbons (Fsp3) is 0.200. The van der Waals surface area contributed by atoms with E-state index in [1.165, 1.54) is 17.7 Å². The molecule has 168 valence electrons. The Morgan fingerprint density at radius 3 is 1.52 bits per heavy atom. The Kier molecular flexibility index (Phi) is 17.3. The summed E-state index contributed by atoms with van der Waals surface area (Å²) >= 11 is 0. The predicted octanol–water partition coefficient (Wildman–Crippen LogP) is 5.46. The highest BCUT2D eigenvalue weighted by Gasteiger charge is 1.96. The number of aryl methyl sites for hydroxylation is 2. The lowest BCUT2D eigenvalue weighted by Gasteiger charge is -2.02. The van der Waals surface area contributed by atoms with Crippen molar-refractivity contribution in [3.63, 3.8) is 0 Å². The highest BCUT2D eigenvalue weighted by molar-refractivity contribution is 5.74. The molecule has 0 amide bonds. The first-order valence-electron chi connectivity index (χ1n) is 9.48. The highest BCUT2D eigenvalue weighted by atomic mass is 16.5. The van der Waals surface area contributed by atoms with Crippen LogP contribution in [0.4, 0.5) is 0 Å². The number of aromatic hydroxyl groups is 3. The molecule has 0 aliphatic rings. The van der Waals surface area contributed by atoms with Gasteiger partial charge < -0.3 is 24.9 Å². The van der Waals surface area contributed by atoms with Gasteiger partial charge in [0.2, 0.25) is 0 Å². The Labute approximate surface area is 184 Å². The molecule has 0 radical (unpaired) electrons. The third-order valence-electron chi connectivity index (χ3n) is 3.44. The van der Waals surface area contributed by atoms with Crippen LogP contribution < -0.4 is 4.74 Å². The second-order valence-electron chi connectivity index (χ2n) is 5.70. The molecule has 3 rings (SSSR count). The van der Waals surface area contributed by atoms with E-state index in [-0.39, 0.29) is 11.5 Å². The van der Waals surface area contributed by atoms with Crippen LogP contribution in [0.1, 0.15) is 35.3 Å². The van der Waals surface area contributed by atoms with Gasteiger partial charge in [-0.05, 0) is 74.0 Å². The molecule has 0 bridgehead atoms. The first kappa shape index (κ1) is 29.4. The van der Waals surface area contributed by atoms with E-state index in [0.29, 0.717) is 11.3 Å². The molecule has 3 aromatic carbocycles. The second-order valence-corrected chi connectivity index (χ2v) is 5.70. The van der Waals surface area contributed by atoms with E-state index in [9.17, 15) is 4.79 Å². The summed E-state index contributed by atoms with van der Waals surface area (Å²) in [5, 5.41) is 26.5. The second kappa shape index (κ2) is 18.2. The standard InChI is InChI=1S/C8H10O2.C7H6O2.C7H8O.C2H6.CH2O/c1-6-5-7(9)3-4-8(6)10-2;8-5-6-1-3-7(9)4-2-6;1-6-2-4-7(8)5-3-6;2*1-2/h3-5,9H,1-2H3;1-5,9H;2-5,8H,1H3;1-2H3;1H2. The zero-order valence-corrected chi connectivity index (χ0v) is 18.7. The Balaban J connectivity index is 0. The third kappa shape index (κ3) is 13.9. The molecule has 6 heteroatoms. The van der Waals surface area contributed by atoms with Gasteiger partial charge in [-0.15, -0.1) is 0 Å². The fourth-order valence-corrected chi connectivity index (χ4v) is 1.96. The molecular formula is C25H32O6. The van der Waals surface area contributed by atoms with Gasteiger partial charge in [0.15, 0.2) is 0 Å². The van der Waals surface area contributed by atoms with Crippen LogP contribution in [-0.4, -0.2) is 35.5 Å². The maximum absolute atomic E-state index is 10.0. The zero-order chi connectivity index (χ0) is 24.2. The Morgan fingerprint density at radius 1 is 0.742 bits per heavy atom. The highest BCUT2D eigenvalue weighted by Crippen LogP contribution is 2.21. The minimum Gasteiger partial charge on any atom is -0.508 e. The Hall–Kier alpha value is -3.80. The Bertz CT molecular complexity index is 822. The SMILES string of the molecule is C=O.CC.COc1ccc(O)cc1C.Cc1ccc(O)cc1.O=Cc1ccc(O)cc1. The summed E-state index contributed by atoms with van der Waals surface area (Å²) in [6.07, 6.45) is 0.736. The quantitative estimate of drug-likeness (QED) is 0.469. The minimum atomic E-state index is 0.181. The molecule has 3 N–H and O–H groups in total. The van der Waals surface area contributed by atoms with Gasteiger partial charge in [-0.3, -0.25) is 4.79 Å². The van der Waals surface area contributed by atoms with Crippen molar-refractivity contribution < 1.29 is 29.6 Å². The van der Waals surface area contributed by atoms with E-state index in [2.05, 4.69) is 0 Å². The maximum atomic E-state index is 10.0. The van der Waals surface area contributed by atoms with Crippen molar-refractivity contribution >= 4 is 13.1 Å². The molecule has 6 nitrogen and oxygen atoms in total. The number of phenols is 3. The summed E-state index contributed by atoms with van der Waals surface area (Å²) < 4.78 is 4.99. The monoisotopic (exact) mass is 428 g/mol. The number of rotatable bonds is 2. The summed E-state index contributed by atoms with van der Waals surface area (Å²) in [4.78, 5) is 18.0. The lowest BCUT2D eigenvalue weighted by molar-refractivity contribution is -0.0980. The molecule has 0 aliphatic heterocycles. The lowest BCUT2D eigenvalue weighted by atomic mass is 10.2. The summed E-state index contributed by atoms with van der Waals surface area (Å²) in [6, 6.07) is 18.2. The van der Waals surface area contributed by atoms with Gasteiger partial charge in [-0.1, -0.05) is 31.5 Å². The van der Waals surface area contributed by atoms with Crippen molar-refractivity contribution in [2.45, 2.75) is 27.7 Å². The largest absolute Gasteiger partial charge is 0.508 e. The number of carbonyl (C=O) groups is 2. The van der Waals surface area contributed by atoms with Crippen LogP contribution in [0.3, 0.4) is 0 Å². The van der Waals surface area contributed by atoms with Gasteiger partial charge in [0.05, 0.1) is 7.11 Å². The Morgan fingerprint density at radius 2 is 1.16 bits per heavy atom. The van der Waals surface area contributed by atoms with E-state index < -0.39 is 0 Å². The topological polar surface area (TPSA) is 104 Å². The average Bonchev–Trinajstić information content (AvgIpc) is 2.80. The molecule has 3 aromatic rings. The zero-order valence-electron chi connectivity index (χ0n) is 18.7. The lowest BCUT2D eigenvalue weighted by Crippen LogP contribution is -1.84. The summed E-state index contributed by atoms with van der Waals surface area (Å²) in [5.41, 5.74) is 2.69. The number of phenolic OH excluding ortho intramolecular Hbond substituents is 3. The molecule has 0 heterocycles. The van der Waals surface area contributed by atoms with Gasteiger partial charge in [0, 0.05) is 5.56 Å². The summed E-state index contributed by atoms with van der Waals surface area (Å²) in [6.45, 7) is 9.87. The van der Waals surface area contributed by atoms with Crippen LogP contribution in [0.25, 0.3) is 0 Å². The molecular weight excluding hydrogens is 396 g/mol. The number of hydrogen-bond acceptors (Lipinski definition) is 6. The smallest absolute Gasteiger partial charge is 0.150 e. The number of aldehydes is 1. The molecule has 0 spiro atoms. The van der Waals surface area contributed by atoms with E-state index >= 15 is 0 Å². The minimum absolute atomic E-state index is 0.181. The third-order valence-corrected chi connectivity index (χ3v) is 3.44. The molecule has 0 aliphatic carbocycles. The molecule has 0 saturated carbocycles. The predicted molar refractivity (Wildman–Crippen MR) is 124 cm³/mol. The van der Waals surface area contributed by atoms with Crippen molar-refractivity contribution in [3.8, 4) is 23.0 Å². The average molecular weight is 429 g/mol. The van der Waals surface area contributed by atoms with E-state index in [1.54, 1.807) is 49.6 Å². The van der Waals surface area contributed by atoms with Crippen LogP contribution >= 0.6 is 0 Å². The molecule has 0 atom stereocenters. The first-order chi connectivity index (χ1) is 14.8. The van der Waals surface area contributed by atoms with Gasteiger partial charge in [0.25, 0.3) is 0 Å². The van der Waals surface area contributed by atoms with E-state index in [1.807, 2.05) is 46.6 Å². The maximum Gasteiger partial charge on any atom is 0.150 e. The molecule has 0 aromatic heterocycles. The fourth-order valence-electron chi connectivity index (χ4n) is 1.96. The first-order valence-corrected chi connectivity index (χ1v) is 9.48. The van der Waals surface area contributed by atoms with Crippen molar-refractivity contribution in [1.82, 2.24) is 0 Å². The number of benzene rings is 3. The van der Waals surface area contributed by atoms with Crippen LogP contribution in [0.2, 0.25) is 0 Å². The number of ether oxygens (including phenoxy) is 1. The van der Waals surface area contributed by atoms with Crippen LogP contribution in [-0.2, 0) is 4.79 Å². The van der Waals surface area contributed by atoms with Crippen molar-refractivity contribution in [1.29, 1.82) is 0 Å². The summed E-state index contributed by atoms with van der Waals surface area (Å²) in [7, 11) is 1.61. The molecule has 31 heavy (non-hydrogen) atoms. The van der Waals surface area contributed by atoms with Crippen LogP contribution in [0, 0.1) is 13.8 Å². The van der Waals surface area contributed by atoms with Crippen molar-refractivity contribution in [2.24, 2.45) is 0 Å². The van der Waals surface area contributed by atoms with Gasteiger partial charge in [0.1, 0.15) is 36.1 Å². The number of hydrogen-bond donors (Lipinski definition) is 3. The van der Waals surface area contributed by atoms with Gasteiger partial charge in [-0.2, -0.15) is 0 Å². The number of methoxy groups -OCH3 is 1. The number of carbonyl (C=O) groups excluding carboxylic acids is 2. The molecule has 0 unspecified atom stereocenters. The van der Waals surface area contributed by atoms with E-state index in [0.717, 1.165) is 17.6 Å². The molecule has 0 fully saturated rings. The van der Waals surface area contributed by atoms with Crippen LogP contribution in [0.15, 0.2) is 66.7 Å². The van der Waals surface area contributed by atoms with Gasteiger partial charge >= 0.3 is 0 Å². The van der Waals surface area contributed by atoms with Gasteiger partial charge in [-0.25, -0.2) is 0 Å².